The summed E-state index contributed by atoms with van der Waals surface area (Å²) in [4.78, 5) is 11.1. The molecule has 0 unspecified atom stereocenters. The van der Waals surface area contributed by atoms with Crippen LogP contribution in [0.5, 0.6) is 0 Å². The first-order valence-corrected chi connectivity index (χ1v) is 5.26. The molecular weight excluding hydrogens is 196 g/mol. The van der Waals surface area contributed by atoms with Crippen LogP contribution in [0.4, 0.5) is 0 Å². The van der Waals surface area contributed by atoms with E-state index in [0.29, 0.717) is 19.8 Å². The van der Waals surface area contributed by atoms with Crippen LogP contribution in [-0.2, 0) is 14.3 Å². The van der Waals surface area contributed by atoms with Gasteiger partial charge in [-0.1, -0.05) is 0 Å². The Labute approximate surface area is 91.5 Å². The van der Waals surface area contributed by atoms with Gasteiger partial charge in [0.2, 0.25) is 5.91 Å². The van der Waals surface area contributed by atoms with Gasteiger partial charge in [-0.05, 0) is 20.9 Å². The summed E-state index contributed by atoms with van der Waals surface area (Å²) in [7, 11) is 1.87. The van der Waals surface area contributed by atoms with Crippen LogP contribution in [0.1, 0.15) is 13.8 Å². The van der Waals surface area contributed by atoms with Crippen LogP contribution in [-0.4, -0.2) is 52.0 Å². The first-order valence-electron chi connectivity index (χ1n) is 5.26. The van der Waals surface area contributed by atoms with E-state index in [1.807, 2.05) is 20.9 Å². The molecular formula is C10H22N2O3. The van der Waals surface area contributed by atoms with Gasteiger partial charge in [-0.25, -0.2) is 0 Å². The molecule has 0 saturated heterocycles. The van der Waals surface area contributed by atoms with E-state index in [1.165, 1.54) is 0 Å². The van der Waals surface area contributed by atoms with Gasteiger partial charge in [0.15, 0.2) is 0 Å². The van der Waals surface area contributed by atoms with Gasteiger partial charge < -0.3 is 20.1 Å². The highest BCUT2D eigenvalue weighted by Gasteiger charge is 2.02. The third kappa shape index (κ3) is 11.3. The zero-order chi connectivity index (χ0) is 11.5. The van der Waals surface area contributed by atoms with E-state index < -0.39 is 0 Å². The van der Waals surface area contributed by atoms with E-state index in [2.05, 4.69) is 10.6 Å². The number of hydrogen-bond donors (Lipinski definition) is 2. The van der Waals surface area contributed by atoms with Crippen molar-refractivity contribution in [2.75, 3.05) is 40.0 Å². The summed E-state index contributed by atoms with van der Waals surface area (Å²) in [6.07, 6.45) is 0. The van der Waals surface area contributed by atoms with Gasteiger partial charge >= 0.3 is 0 Å². The van der Waals surface area contributed by atoms with Gasteiger partial charge in [0.25, 0.3) is 0 Å². The second kappa shape index (κ2) is 9.89. The van der Waals surface area contributed by atoms with Gasteiger partial charge in [0.1, 0.15) is 6.61 Å². The normalized spacial score (nSPS) is 10.7. The highest BCUT2D eigenvalue weighted by molar-refractivity contribution is 5.77. The molecule has 0 heterocycles. The SMILES string of the molecule is CNCCOCCOCC(=O)NC(C)C. The summed E-state index contributed by atoms with van der Waals surface area (Å²) in [6, 6.07) is 0.160. The van der Waals surface area contributed by atoms with Crippen molar-refractivity contribution in [1.82, 2.24) is 10.6 Å². The molecule has 0 aliphatic rings. The molecule has 0 fully saturated rings. The van der Waals surface area contributed by atoms with E-state index in [4.69, 9.17) is 9.47 Å². The lowest BCUT2D eigenvalue weighted by Gasteiger charge is -2.08. The molecule has 0 aromatic carbocycles. The Bertz CT molecular complexity index is 163. The average Bonchev–Trinajstić information content (AvgIpc) is 2.15. The number of carbonyl (C=O) groups excluding carboxylic acids is 1. The topological polar surface area (TPSA) is 59.6 Å². The monoisotopic (exact) mass is 218 g/mol. The zero-order valence-corrected chi connectivity index (χ0v) is 9.84. The third-order valence-electron chi connectivity index (χ3n) is 1.55. The van der Waals surface area contributed by atoms with E-state index in [-0.39, 0.29) is 18.6 Å². The molecule has 0 aromatic rings. The van der Waals surface area contributed by atoms with Gasteiger partial charge in [-0.2, -0.15) is 0 Å². The van der Waals surface area contributed by atoms with Crippen molar-refractivity contribution in [3.05, 3.63) is 0 Å². The summed E-state index contributed by atoms with van der Waals surface area (Å²) in [6.45, 7) is 6.41. The van der Waals surface area contributed by atoms with Gasteiger partial charge in [0, 0.05) is 12.6 Å². The third-order valence-corrected chi connectivity index (χ3v) is 1.55. The Balaban J connectivity index is 3.13. The number of nitrogens with one attached hydrogen (secondary N) is 2. The van der Waals surface area contributed by atoms with Crippen molar-refractivity contribution >= 4 is 5.91 Å². The summed E-state index contributed by atoms with van der Waals surface area (Å²) in [5, 5.41) is 5.71. The Kier molecular flexibility index (Phi) is 9.46. The van der Waals surface area contributed by atoms with Gasteiger partial charge in [-0.3, -0.25) is 4.79 Å². The fourth-order valence-electron chi connectivity index (χ4n) is 0.923. The van der Waals surface area contributed by atoms with Crippen LogP contribution in [0.3, 0.4) is 0 Å². The molecule has 5 nitrogen and oxygen atoms in total. The second-order valence-electron chi connectivity index (χ2n) is 3.49. The van der Waals surface area contributed by atoms with E-state index in [9.17, 15) is 4.79 Å². The summed E-state index contributed by atoms with van der Waals surface area (Å²) >= 11 is 0. The Hall–Kier alpha value is -0.650. The Morgan fingerprint density at radius 3 is 2.47 bits per heavy atom. The molecule has 2 N–H and O–H groups in total. The standard InChI is InChI=1S/C10H22N2O3/c1-9(2)12-10(13)8-15-7-6-14-5-4-11-3/h9,11H,4-8H2,1-3H3,(H,12,13). The fourth-order valence-corrected chi connectivity index (χ4v) is 0.923. The number of likely N-dealkylation sites (N-methyl/N-ethyl adjacent to an activating group) is 1. The lowest BCUT2D eigenvalue weighted by atomic mass is 10.4. The Morgan fingerprint density at radius 1 is 1.20 bits per heavy atom. The lowest BCUT2D eigenvalue weighted by molar-refractivity contribution is -0.126. The number of rotatable bonds is 9. The maximum Gasteiger partial charge on any atom is 0.246 e. The van der Waals surface area contributed by atoms with Crippen molar-refractivity contribution in [1.29, 1.82) is 0 Å². The van der Waals surface area contributed by atoms with Crippen LogP contribution in [0, 0.1) is 0 Å². The molecule has 0 spiro atoms. The van der Waals surface area contributed by atoms with E-state index >= 15 is 0 Å². The first kappa shape index (κ1) is 14.3. The summed E-state index contributed by atoms with van der Waals surface area (Å²) in [5.74, 6) is -0.0831. The van der Waals surface area contributed by atoms with Crippen LogP contribution in [0.25, 0.3) is 0 Å². The molecule has 0 saturated carbocycles. The van der Waals surface area contributed by atoms with Crippen molar-refractivity contribution in [3.8, 4) is 0 Å². The number of hydrogen-bond acceptors (Lipinski definition) is 4. The van der Waals surface area contributed by atoms with Crippen molar-refractivity contribution in [2.24, 2.45) is 0 Å². The number of amides is 1. The second-order valence-corrected chi connectivity index (χ2v) is 3.49. The Morgan fingerprint density at radius 2 is 1.87 bits per heavy atom. The maximum atomic E-state index is 11.1. The molecule has 0 rings (SSSR count). The van der Waals surface area contributed by atoms with Crippen molar-refractivity contribution in [2.45, 2.75) is 19.9 Å². The molecule has 0 bridgehead atoms. The zero-order valence-electron chi connectivity index (χ0n) is 9.84. The quantitative estimate of drug-likeness (QED) is 0.525. The van der Waals surface area contributed by atoms with E-state index in [0.717, 1.165) is 6.54 Å². The number of carbonyl (C=O) groups is 1. The van der Waals surface area contributed by atoms with E-state index in [1.54, 1.807) is 0 Å². The highest BCUT2D eigenvalue weighted by atomic mass is 16.5. The maximum absolute atomic E-state index is 11.1. The molecule has 0 radical (unpaired) electrons. The molecule has 0 aromatic heterocycles. The molecule has 90 valence electrons. The molecule has 5 heteroatoms. The van der Waals surface area contributed by atoms with Crippen molar-refractivity contribution in [3.63, 3.8) is 0 Å². The minimum atomic E-state index is -0.0831. The molecule has 0 aliphatic heterocycles. The summed E-state index contributed by atoms with van der Waals surface area (Å²) in [5.41, 5.74) is 0. The lowest BCUT2D eigenvalue weighted by Crippen LogP contribution is -2.33. The molecule has 15 heavy (non-hydrogen) atoms. The van der Waals surface area contributed by atoms with Crippen LogP contribution >= 0.6 is 0 Å². The molecule has 1 amide bonds. The van der Waals surface area contributed by atoms with Crippen molar-refractivity contribution < 1.29 is 14.3 Å². The average molecular weight is 218 g/mol. The van der Waals surface area contributed by atoms with Gasteiger partial charge in [0.05, 0.1) is 19.8 Å². The predicted octanol–water partition coefficient (Wildman–Crippen LogP) is -0.236. The molecule has 0 aliphatic carbocycles. The highest BCUT2D eigenvalue weighted by Crippen LogP contribution is 1.81. The first-order chi connectivity index (χ1) is 7.16. The van der Waals surface area contributed by atoms with Crippen LogP contribution < -0.4 is 10.6 Å². The number of ether oxygens (including phenoxy) is 2. The van der Waals surface area contributed by atoms with Gasteiger partial charge in [-0.15, -0.1) is 0 Å². The predicted molar refractivity (Wildman–Crippen MR) is 58.8 cm³/mol. The summed E-state index contributed by atoms with van der Waals surface area (Å²) < 4.78 is 10.3. The van der Waals surface area contributed by atoms with Crippen LogP contribution in [0.2, 0.25) is 0 Å². The largest absolute Gasteiger partial charge is 0.378 e. The fraction of sp³-hybridized carbons (Fsp3) is 0.900. The minimum Gasteiger partial charge on any atom is -0.378 e. The van der Waals surface area contributed by atoms with Crippen LogP contribution in [0.15, 0.2) is 0 Å². The molecule has 0 atom stereocenters. The minimum absolute atomic E-state index is 0.0831. The smallest absolute Gasteiger partial charge is 0.246 e.